The Morgan fingerprint density at radius 2 is 1.68 bits per heavy atom. The minimum Gasteiger partial charge on any atom is -0.460 e. The molecule has 0 radical (unpaired) electrons. The molecule has 1 fully saturated rings. The van der Waals surface area contributed by atoms with Gasteiger partial charge < -0.3 is 15.0 Å². The van der Waals surface area contributed by atoms with E-state index in [9.17, 15) is 18.0 Å². The molecule has 10 heteroatoms. The molecule has 2 aliphatic carbocycles. The number of imidazole rings is 1. The van der Waals surface area contributed by atoms with Gasteiger partial charge in [0.05, 0.1) is 12.2 Å². The van der Waals surface area contributed by atoms with Crippen molar-refractivity contribution in [1.82, 2.24) is 19.5 Å². The fourth-order valence-electron chi connectivity index (χ4n) is 5.63. The van der Waals surface area contributed by atoms with Gasteiger partial charge in [-0.3, -0.25) is 0 Å². The number of rotatable bonds is 8. The molecule has 1 saturated carbocycles. The van der Waals surface area contributed by atoms with E-state index >= 15 is 0 Å². The van der Waals surface area contributed by atoms with Crippen LogP contribution in [0.15, 0.2) is 54.6 Å². The van der Waals surface area contributed by atoms with Gasteiger partial charge in [0.2, 0.25) is 5.82 Å². The number of esters is 1. The van der Waals surface area contributed by atoms with E-state index in [1.807, 2.05) is 22.8 Å². The Balaban J connectivity index is 1.41. The summed E-state index contributed by atoms with van der Waals surface area (Å²) in [5.41, 5.74) is 10.3. The van der Waals surface area contributed by atoms with Crippen molar-refractivity contribution in [3.8, 4) is 0 Å². The highest BCUT2D eigenvalue weighted by Gasteiger charge is 2.30. The summed E-state index contributed by atoms with van der Waals surface area (Å²) in [4.78, 5) is 26.3. The summed E-state index contributed by atoms with van der Waals surface area (Å²) >= 11 is 0. The number of hydrogen-bond acceptors (Lipinski definition) is 6. The first kappa shape index (κ1) is 27.0. The zero-order valence-electron chi connectivity index (χ0n) is 22.5. The quantitative estimate of drug-likeness (QED) is 0.235. The van der Waals surface area contributed by atoms with Crippen LogP contribution in [0.1, 0.15) is 78.1 Å². The maximum atomic E-state index is 13.2. The highest BCUT2D eigenvalue weighted by Crippen LogP contribution is 2.41. The molecular formula is C31H30F3N5O2. The largest absolute Gasteiger partial charge is 0.460 e. The molecule has 2 aromatic heterocycles. The molecule has 0 saturated heterocycles. The first-order chi connectivity index (χ1) is 19.8. The topological polar surface area (TPSA) is 95.9 Å². The second-order valence-corrected chi connectivity index (χ2v) is 10.7. The predicted molar refractivity (Wildman–Crippen MR) is 150 cm³/mol. The molecule has 0 amide bonds. The van der Waals surface area contributed by atoms with Crippen molar-refractivity contribution in [1.29, 1.82) is 0 Å². The Hall–Kier alpha value is -4.21. The van der Waals surface area contributed by atoms with E-state index in [2.05, 4.69) is 22.1 Å². The highest BCUT2D eigenvalue weighted by atomic mass is 19.4. The molecule has 2 N–H and O–H groups in total. The molecule has 212 valence electrons. The zero-order chi connectivity index (χ0) is 28.6. The van der Waals surface area contributed by atoms with Crippen LogP contribution in [0.4, 0.5) is 19.0 Å². The minimum absolute atomic E-state index is 0.0615. The molecule has 0 bridgehead atoms. The molecule has 41 heavy (non-hydrogen) atoms. The first-order valence-electron chi connectivity index (χ1n) is 13.9. The summed E-state index contributed by atoms with van der Waals surface area (Å²) in [6.45, 7) is 0.500. The van der Waals surface area contributed by atoms with Gasteiger partial charge in [0.15, 0.2) is 11.5 Å². The Morgan fingerprint density at radius 1 is 0.951 bits per heavy atom. The van der Waals surface area contributed by atoms with Crippen LogP contribution in [0.3, 0.4) is 0 Å². The van der Waals surface area contributed by atoms with Crippen LogP contribution in [0, 0.1) is 5.92 Å². The van der Waals surface area contributed by atoms with Crippen molar-refractivity contribution in [2.45, 2.75) is 57.7 Å². The normalized spacial score (nSPS) is 15.9. The number of carbonyl (C=O) groups excluding carboxylic acids is 1. The lowest BCUT2D eigenvalue weighted by Crippen LogP contribution is -2.17. The number of benzene rings is 2. The third-order valence-electron chi connectivity index (χ3n) is 8.03. The zero-order valence-corrected chi connectivity index (χ0v) is 22.5. The number of allylic oxidation sites excluding steroid dienone is 2. The number of fused-ring (bicyclic) bond motifs is 1. The number of carbonyl (C=O) groups is 1. The molecule has 2 heterocycles. The van der Waals surface area contributed by atoms with Gasteiger partial charge in [-0.2, -0.15) is 13.2 Å². The lowest BCUT2D eigenvalue weighted by atomic mass is 9.83. The maximum Gasteiger partial charge on any atom is 0.416 e. The number of anilines is 1. The van der Waals surface area contributed by atoms with E-state index in [0.29, 0.717) is 29.4 Å². The van der Waals surface area contributed by atoms with Gasteiger partial charge in [0.25, 0.3) is 0 Å². The summed E-state index contributed by atoms with van der Waals surface area (Å²) in [6.07, 6.45) is 2.49. The summed E-state index contributed by atoms with van der Waals surface area (Å²) < 4.78 is 46.8. The number of ether oxygens (including phenoxy) is 1. The van der Waals surface area contributed by atoms with E-state index in [1.165, 1.54) is 18.6 Å². The summed E-state index contributed by atoms with van der Waals surface area (Å²) in [5, 5.41) is 0. The van der Waals surface area contributed by atoms with Gasteiger partial charge in [0, 0.05) is 6.54 Å². The van der Waals surface area contributed by atoms with Crippen LogP contribution >= 0.6 is 0 Å². The molecule has 0 spiro atoms. The van der Waals surface area contributed by atoms with E-state index in [4.69, 9.17) is 15.5 Å². The van der Waals surface area contributed by atoms with Crippen molar-refractivity contribution in [2.75, 3.05) is 12.3 Å². The standard InChI is InChI=1S/C31H30F3N5O2/c32-31(33,34)22-14-12-20(13-15-22)18-39-25-26(35)36-28(30(40)41-17-16-19-6-4-7-19)37-27(25)38-29(39)24-11-5-10-23(24)21-8-2-1-3-9-21/h1-3,8-9,12-15,19H,4-7,10-11,16-18H2,(H2,35,36,37). The summed E-state index contributed by atoms with van der Waals surface area (Å²) in [5.74, 6) is 0.470. The molecule has 0 aliphatic heterocycles. The van der Waals surface area contributed by atoms with Crippen molar-refractivity contribution < 1.29 is 22.7 Å². The monoisotopic (exact) mass is 561 g/mol. The Labute approximate surface area is 235 Å². The molecule has 0 atom stereocenters. The minimum atomic E-state index is -4.42. The van der Waals surface area contributed by atoms with Crippen LogP contribution < -0.4 is 5.73 Å². The number of nitrogen functional groups attached to an aromatic ring is 1. The van der Waals surface area contributed by atoms with E-state index < -0.39 is 17.7 Å². The SMILES string of the molecule is Nc1nc(C(=O)OCCC2CCC2)nc2nc(C3=C(c4ccccc4)CCC3)n(Cc3ccc(C(F)(F)F)cc3)c12. The molecule has 2 aromatic carbocycles. The van der Waals surface area contributed by atoms with Crippen LogP contribution in [0.5, 0.6) is 0 Å². The van der Waals surface area contributed by atoms with Gasteiger partial charge in [0.1, 0.15) is 11.3 Å². The predicted octanol–water partition coefficient (Wildman–Crippen LogP) is 6.92. The summed E-state index contributed by atoms with van der Waals surface area (Å²) in [6, 6.07) is 15.1. The molecular weight excluding hydrogens is 531 g/mol. The number of nitrogens with two attached hydrogens (primary N) is 1. The smallest absolute Gasteiger partial charge is 0.416 e. The lowest BCUT2D eigenvalue weighted by molar-refractivity contribution is -0.137. The van der Waals surface area contributed by atoms with Crippen molar-refractivity contribution in [2.24, 2.45) is 5.92 Å². The van der Waals surface area contributed by atoms with Gasteiger partial charge in [-0.05, 0) is 66.0 Å². The van der Waals surface area contributed by atoms with Crippen molar-refractivity contribution in [3.63, 3.8) is 0 Å². The fourth-order valence-corrected chi connectivity index (χ4v) is 5.63. The summed E-state index contributed by atoms with van der Waals surface area (Å²) in [7, 11) is 0. The number of alkyl halides is 3. The maximum absolute atomic E-state index is 13.2. The van der Waals surface area contributed by atoms with Crippen molar-refractivity contribution in [3.05, 3.63) is 82.9 Å². The average molecular weight is 562 g/mol. The molecule has 7 nitrogen and oxygen atoms in total. The Bertz CT molecular complexity index is 1610. The first-order valence-corrected chi connectivity index (χ1v) is 13.9. The second kappa shape index (κ2) is 11.0. The van der Waals surface area contributed by atoms with E-state index in [-0.39, 0.29) is 23.8 Å². The fraction of sp³-hybridized carbons (Fsp3) is 0.355. The van der Waals surface area contributed by atoms with Gasteiger partial charge >= 0.3 is 12.1 Å². The number of halogens is 3. The number of aromatic nitrogens is 4. The second-order valence-electron chi connectivity index (χ2n) is 10.7. The van der Waals surface area contributed by atoms with Crippen LogP contribution in [-0.4, -0.2) is 32.1 Å². The van der Waals surface area contributed by atoms with Crippen molar-refractivity contribution >= 4 is 34.1 Å². The van der Waals surface area contributed by atoms with Crippen LogP contribution in [0.2, 0.25) is 0 Å². The third kappa shape index (κ3) is 5.55. The van der Waals surface area contributed by atoms with Crippen LogP contribution in [-0.2, 0) is 17.5 Å². The van der Waals surface area contributed by atoms with Crippen LogP contribution in [0.25, 0.3) is 22.3 Å². The van der Waals surface area contributed by atoms with Gasteiger partial charge in [-0.1, -0.05) is 61.7 Å². The Morgan fingerprint density at radius 3 is 2.37 bits per heavy atom. The highest BCUT2D eigenvalue weighted by molar-refractivity contribution is 5.96. The van der Waals surface area contributed by atoms with Gasteiger partial charge in [-0.25, -0.2) is 19.7 Å². The average Bonchev–Trinajstić information content (AvgIpc) is 3.55. The van der Waals surface area contributed by atoms with Gasteiger partial charge in [-0.15, -0.1) is 0 Å². The number of hydrogen-bond donors (Lipinski definition) is 1. The van der Waals surface area contributed by atoms with E-state index in [0.717, 1.165) is 67.4 Å². The molecule has 4 aromatic rings. The lowest BCUT2D eigenvalue weighted by Gasteiger charge is -2.24. The number of nitrogens with zero attached hydrogens (tertiary/aromatic N) is 4. The molecule has 2 aliphatic rings. The Kier molecular flexibility index (Phi) is 7.23. The molecule has 0 unspecified atom stereocenters. The third-order valence-corrected chi connectivity index (χ3v) is 8.03. The van der Waals surface area contributed by atoms with E-state index in [1.54, 1.807) is 0 Å². The molecule has 6 rings (SSSR count).